The molecule has 0 N–H and O–H groups in total. The first-order chi connectivity index (χ1) is 5.46. The summed E-state index contributed by atoms with van der Waals surface area (Å²) in [7, 11) is 0. The average Bonchev–Trinajstić information content (AvgIpc) is 2.62. The first-order valence-electron chi connectivity index (χ1n) is 3.35. The van der Waals surface area contributed by atoms with Gasteiger partial charge in [-0.15, -0.1) is 0 Å². The summed E-state index contributed by atoms with van der Waals surface area (Å²) < 4.78 is 7.93. The van der Waals surface area contributed by atoms with Gasteiger partial charge in [0.2, 0.25) is 3.79 Å². The molecule has 1 fully saturated rings. The molecule has 70 valence electrons. The zero-order valence-electron chi connectivity index (χ0n) is 6.22. The van der Waals surface area contributed by atoms with Crippen LogP contribution in [0, 0.1) is 0 Å². The first-order valence-corrected chi connectivity index (χ1v) is 4.49. The summed E-state index contributed by atoms with van der Waals surface area (Å²) in [6.45, 7) is 2.00. The van der Waals surface area contributed by atoms with Gasteiger partial charge in [-0.1, -0.05) is 34.8 Å². The summed E-state index contributed by atoms with van der Waals surface area (Å²) in [5.41, 5.74) is 0. The Labute approximate surface area is 84.9 Å². The summed E-state index contributed by atoms with van der Waals surface area (Å²) in [6.07, 6.45) is -1.38. The number of epoxide rings is 1. The van der Waals surface area contributed by atoms with Gasteiger partial charge in [0.1, 0.15) is 6.10 Å². The largest absolute Gasteiger partial charge is 0.464 e. The molecule has 0 bridgehead atoms. The highest BCUT2D eigenvalue weighted by Gasteiger charge is 2.57. The molecule has 0 aliphatic carbocycles. The third kappa shape index (κ3) is 2.39. The molecule has 0 amide bonds. The third-order valence-corrected chi connectivity index (χ3v) is 1.98. The van der Waals surface area contributed by atoms with E-state index in [1.165, 1.54) is 0 Å². The highest BCUT2D eigenvalue weighted by atomic mass is 35.6. The smallest absolute Gasteiger partial charge is 0.338 e. The minimum absolute atomic E-state index is 0.297. The van der Waals surface area contributed by atoms with Crippen LogP contribution in [0.4, 0.5) is 0 Å². The lowest BCUT2D eigenvalue weighted by atomic mass is 10.3. The summed E-state index contributed by atoms with van der Waals surface area (Å²) in [5, 5.41) is 0. The summed E-state index contributed by atoms with van der Waals surface area (Å²) in [4.78, 5) is 10.9. The normalized spacial score (nSPS) is 28.3. The molecule has 0 radical (unpaired) electrons. The number of hydrogen-bond acceptors (Lipinski definition) is 3. The molecule has 0 aromatic rings. The predicted molar refractivity (Wildman–Crippen MR) is 45.6 cm³/mol. The van der Waals surface area contributed by atoms with Gasteiger partial charge in [-0.2, -0.15) is 0 Å². The van der Waals surface area contributed by atoms with Gasteiger partial charge in [-0.3, -0.25) is 0 Å². The van der Waals surface area contributed by atoms with Gasteiger partial charge < -0.3 is 9.47 Å². The highest BCUT2D eigenvalue weighted by Crippen LogP contribution is 2.43. The molecule has 12 heavy (non-hydrogen) atoms. The van der Waals surface area contributed by atoms with Gasteiger partial charge >= 0.3 is 5.97 Å². The number of ether oxygens (including phenoxy) is 2. The van der Waals surface area contributed by atoms with Gasteiger partial charge in [0.15, 0.2) is 6.10 Å². The lowest BCUT2D eigenvalue weighted by molar-refractivity contribution is -0.144. The van der Waals surface area contributed by atoms with E-state index in [0.29, 0.717) is 6.61 Å². The molecule has 1 rings (SSSR count). The van der Waals surface area contributed by atoms with Crippen molar-refractivity contribution in [2.45, 2.75) is 22.9 Å². The van der Waals surface area contributed by atoms with E-state index >= 15 is 0 Å². The second-order valence-corrected chi connectivity index (χ2v) is 4.64. The maximum absolute atomic E-state index is 10.9. The predicted octanol–water partition coefficient (Wildman–Crippen LogP) is 1.69. The van der Waals surface area contributed by atoms with Crippen molar-refractivity contribution in [3.63, 3.8) is 0 Å². The maximum atomic E-state index is 10.9. The summed E-state index contributed by atoms with van der Waals surface area (Å²) >= 11 is 16.4. The molecule has 1 aliphatic rings. The molecule has 0 aromatic carbocycles. The van der Waals surface area contributed by atoms with E-state index in [4.69, 9.17) is 39.5 Å². The Morgan fingerprint density at radius 2 is 2.17 bits per heavy atom. The van der Waals surface area contributed by atoms with E-state index in [1.807, 2.05) is 0 Å². The van der Waals surface area contributed by atoms with E-state index in [2.05, 4.69) is 4.74 Å². The first kappa shape index (κ1) is 10.4. The zero-order chi connectivity index (χ0) is 9.35. The van der Waals surface area contributed by atoms with Crippen molar-refractivity contribution in [1.29, 1.82) is 0 Å². The maximum Gasteiger partial charge on any atom is 0.338 e. The molecule has 1 heterocycles. The van der Waals surface area contributed by atoms with E-state index < -0.39 is 22.0 Å². The van der Waals surface area contributed by atoms with Crippen LogP contribution in [0.15, 0.2) is 0 Å². The molecular weight excluding hydrogens is 226 g/mol. The van der Waals surface area contributed by atoms with Gasteiger partial charge in [0.25, 0.3) is 0 Å². The Kier molecular flexibility index (Phi) is 3.10. The lowest BCUT2D eigenvalue weighted by Crippen LogP contribution is -2.21. The van der Waals surface area contributed by atoms with Crippen LogP contribution in [-0.4, -0.2) is 28.6 Å². The second kappa shape index (κ2) is 3.58. The summed E-state index contributed by atoms with van der Waals surface area (Å²) in [6, 6.07) is 0. The molecular formula is C6H7Cl3O3. The molecule has 0 spiro atoms. The molecule has 0 saturated carbocycles. The van der Waals surface area contributed by atoms with Gasteiger partial charge in [-0.25, -0.2) is 4.79 Å². The van der Waals surface area contributed by atoms with Crippen molar-refractivity contribution < 1.29 is 14.3 Å². The fraction of sp³-hybridized carbons (Fsp3) is 0.833. The van der Waals surface area contributed by atoms with Crippen LogP contribution in [-0.2, 0) is 14.3 Å². The van der Waals surface area contributed by atoms with Crippen molar-refractivity contribution in [1.82, 2.24) is 0 Å². The van der Waals surface area contributed by atoms with E-state index in [1.54, 1.807) is 6.92 Å². The van der Waals surface area contributed by atoms with Crippen molar-refractivity contribution in [3.05, 3.63) is 0 Å². The van der Waals surface area contributed by atoms with Crippen molar-refractivity contribution in [2.24, 2.45) is 0 Å². The van der Waals surface area contributed by atoms with E-state index in [-0.39, 0.29) is 0 Å². The van der Waals surface area contributed by atoms with Gasteiger partial charge in [0, 0.05) is 0 Å². The van der Waals surface area contributed by atoms with Gasteiger partial charge in [-0.05, 0) is 6.92 Å². The zero-order valence-corrected chi connectivity index (χ0v) is 8.49. The Morgan fingerprint density at radius 1 is 1.58 bits per heavy atom. The SMILES string of the molecule is CCOC(=O)[C@@H]1O[C@H]1C(Cl)(Cl)Cl. The Morgan fingerprint density at radius 3 is 2.50 bits per heavy atom. The quantitative estimate of drug-likeness (QED) is 0.414. The summed E-state index contributed by atoms with van der Waals surface area (Å²) in [5.74, 6) is -0.478. The number of esters is 1. The topological polar surface area (TPSA) is 38.8 Å². The fourth-order valence-electron chi connectivity index (χ4n) is 0.765. The lowest BCUT2D eigenvalue weighted by Gasteiger charge is -2.04. The number of halogens is 3. The van der Waals surface area contributed by atoms with Crippen LogP contribution in [0.3, 0.4) is 0 Å². The number of carbonyl (C=O) groups is 1. The third-order valence-electron chi connectivity index (χ3n) is 1.33. The molecule has 0 unspecified atom stereocenters. The van der Waals surface area contributed by atoms with E-state index in [0.717, 1.165) is 0 Å². The fourth-order valence-corrected chi connectivity index (χ4v) is 1.26. The van der Waals surface area contributed by atoms with Gasteiger partial charge in [0.05, 0.1) is 6.61 Å². The van der Waals surface area contributed by atoms with E-state index in [9.17, 15) is 4.79 Å². The minimum atomic E-state index is -1.54. The highest BCUT2D eigenvalue weighted by molar-refractivity contribution is 6.68. The standard InChI is InChI=1S/C6H7Cl3O3/c1-2-11-5(10)3-4(12-3)6(7,8)9/h3-4H,2H2,1H3/t3-,4-/m1/s1. The Balaban J connectivity index is 2.37. The average molecular weight is 233 g/mol. The molecule has 1 aliphatic heterocycles. The van der Waals surface area contributed by atoms with Crippen molar-refractivity contribution in [2.75, 3.05) is 6.61 Å². The number of carbonyl (C=O) groups excluding carboxylic acids is 1. The van der Waals surface area contributed by atoms with Crippen LogP contribution in [0.1, 0.15) is 6.92 Å². The Hall–Kier alpha value is 0.300. The van der Waals surface area contributed by atoms with Crippen LogP contribution in [0.5, 0.6) is 0 Å². The van der Waals surface area contributed by atoms with Crippen molar-refractivity contribution in [3.8, 4) is 0 Å². The minimum Gasteiger partial charge on any atom is -0.464 e. The number of rotatable bonds is 2. The number of hydrogen-bond donors (Lipinski definition) is 0. The molecule has 0 aromatic heterocycles. The van der Waals surface area contributed by atoms with Crippen LogP contribution in [0.2, 0.25) is 0 Å². The van der Waals surface area contributed by atoms with Crippen LogP contribution in [0.25, 0.3) is 0 Å². The monoisotopic (exact) mass is 232 g/mol. The molecule has 6 heteroatoms. The number of alkyl halides is 3. The van der Waals surface area contributed by atoms with Crippen LogP contribution >= 0.6 is 34.8 Å². The molecule has 2 atom stereocenters. The van der Waals surface area contributed by atoms with Crippen LogP contribution < -0.4 is 0 Å². The van der Waals surface area contributed by atoms with Crippen molar-refractivity contribution >= 4 is 40.8 Å². The molecule has 1 saturated heterocycles. The second-order valence-electron chi connectivity index (χ2n) is 2.27. The molecule has 3 nitrogen and oxygen atoms in total. The Bertz CT molecular complexity index is 189.